The predicted octanol–water partition coefficient (Wildman–Crippen LogP) is 0.696. The molecule has 1 rings (SSSR count). The van der Waals surface area contributed by atoms with Gasteiger partial charge in [0.05, 0.1) is 0 Å². The number of aromatic amines is 1. The Labute approximate surface area is 52.0 Å². The van der Waals surface area contributed by atoms with E-state index >= 15 is 0 Å². The zero-order valence-electron chi connectivity index (χ0n) is 4.89. The van der Waals surface area contributed by atoms with E-state index in [0.717, 1.165) is 0 Å². The van der Waals surface area contributed by atoms with Crippen LogP contribution in [0.2, 0.25) is 0 Å². The Kier molecular flexibility index (Phi) is 1.53. The Morgan fingerprint density at radius 2 is 2.67 bits per heavy atom. The topological polar surface area (TPSA) is 46.0 Å². The number of H-pyrrole nitrogens is 1. The smallest absolute Gasteiger partial charge is 0.280 e. The lowest BCUT2D eigenvalue weighted by Gasteiger charge is -1.79. The third-order valence-corrected chi connectivity index (χ3v) is 0.920. The van der Waals surface area contributed by atoms with Gasteiger partial charge in [0.2, 0.25) is 0 Å². The van der Waals surface area contributed by atoms with E-state index in [9.17, 15) is 4.79 Å². The van der Waals surface area contributed by atoms with Crippen molar-refractivity contribution in [3.63, 3.8) is 0 Å². The summed E-state index contributed by atoms with van der Waals surface area (Å²) in [6.07, 6.45) is 2.27. The molecule has 0 atom stereocenters. The zero-order valence-corrected chi connectivity index (χ0v) is 4.89. The molecule has 0 saturated carbocycles. The van der Waals surface area contributed by atoms with Gasteiger partial charge in [0.1, 0.15) is 5.76 Å². The molecule has 48 valence electrons. The lowest BCUT2D eigenvalue weighted by atomic mass is 10.3. The highest BCUT2D eigenvalue weighted by atomic mass is 16.5. The average molecular weight is 125 g/mol. The van der Waals surface area contributed by atoms with Gasteiger partial charge in [-0.05, 0) is 0 Å². The van der Waals surface area contributed by atoms with Crippen molar-refractivity contribution in [1.29, 1.82) is 0 Å². The summed E-state index contributed by atoms with van der Waals surface area (Å²) < 4.78 is 4.70. The summed E-state index contributed by atoms with van der Waals surface area (Å²) in [5, 5.41) is 2.18. The summed E-state index contributed by atoms with van der Waals surface area (Å²) in [7, 11) is 0. The lowest BCUT2D eigenvalue weighted by molar-refractivity contribution is 0.385. The molecule has 0 radical (unpaired) electrons. The monoisotopic (exact) mass is 125 g/mol. The van der Waals surface area contributed by atoms with Crippen LogP contribution < -0.4 is 5.56 Å². The number of nitrogens with one attached hydrogen (secondary N) is 1. The van der Waals surface area contributed by atoms with Crippen molar-refractivity contribution in [2.45, 2.75) is 6.42 Å². The van der Waals surface area contributed by atoms with E-state index in [-0.39, 0.29) is 5.56 Å². The normalized spacial score (nSPS) is 9.33. The van der Waals surface area contributed by atoms with Crippen molar-refractivity contribution in [2.75, 3.05) is 0 Å². The molecule has 1 aromatic heterocycles. The van der Waals surface area contributed by atoms with Gasteiger partial charge >= 0.3 is 0 Å². The highest BCUT2D eigenvalue weighted by molar-refractivity contribution is 4.98. The third kappa shape index (κ3) is 1.32. The van der Waals surface area contributed by atoms with E-state index in [0.29, 0.717) is 12.2 Å². The molecule has 0 saturated heterocycles. The van der Waals surface area contributed by atoms with Crippen molar-refractivity contribution in [1.82, 2.24) is 5.16 Å². The molecule has 0 bridgehead atoms. The lowest BCUT2D eigenvalue weighted by Crippen LogP contribution is -1.92. The summed E-state index contributed by atoms with van der Waals surface area (Å²) in [5.41, 5.74) is -0.202. The van der Waals surface area contributed by atoms with Crippen LogP contribution in [0.4, 0.5) is 0 Å². The highest BCUT2D eigenvalue weighted by Crippen LogP contribution is 1.92. The van der Waals surface area contributed by atoms with Crippen LogP contribution in [0.5, 0.6) is 0 Å². The largest absolute Gasteiger partial charge is 0.383 e. The molecule has 1 N–H and O–H groups in total. The molecule has 3 nitrogen and oxygen atoms in total. The molecule has 3 heteroatoms. The third-order valence-electron chi connectivity index (χ3n) is 0.920. The molecular weight excluding hydrogens is 118 g/mol. The summed E-state index contributed by atoms with van der Waals surface area (Å²) in [6, 6.07) is 1.40. The fourth-order valence-corrected chi connectivity index (χ4v) is 0.564. The fraction of sp³-hybridized carbons (Fsp3) is 0.167. The predicted molar refractivity (Wildman–Crippen MR) is 33.2 cm³/mol. The van der Waals surface area contributed by atoms with Gasteiger partial charge in [-0.1, -0.05) is 6.08 Å². The first-order chi connectivity index (χ1) is 4.33. The second-order valence-electron chi connectivity index (χ2n) is 1.67. The Bertz CT molecular complexity index is 246. The fourth-order valence-electron chi connectivity index (χ4n) is 0.564. The Hall–Kier alpha value is -1.25. The summed E-state index contributed by atoms with van der Waals surface area (Å²) >= 11 is 0. The molecule has 0 fully saturated rings. The van der Waals surface area contributed by atoms with Gasteiger partial charge in [0, 0.05) is 12.5 Å². The van der Waals surface area contributed by atoms with E-state index in [1.54, 1.807) is 6.08 Å². The van der Waals surface area contributed by atoms with Gasteiger partial charge in [-0.25, -0.2) is 0 Å². The van der Waals surface area contributed by atoms with E-state index in [1.165, 1.54) is 6.07 Å². The van der Waals surface area contributed by atoms with Crippen LogP contribution in [0.3, 0.4) is 0 Å². The molecule has 0 unspecified atom stereocenters. The van der Waals surface area contributed by atoms with Gasteiger partial charge in [0.15, 0.2) is 0 Å². The van der Waals surface area contributed by atoms with Crippen molar-refractivity contribution in [3.05, 3.63) is 34.8 Å². The molecule has 0 aliphatic rings. The Morgan fingerprint density at radius 3 is 3.11 bits per heavy atom. The summed E-state index contributed by atoms with van der Waals surface area (Å²) in [4.78, 5) is 10.4. The molecule has 0 aliphatic heterocycles. The first kappa shape index (κ1) is 5.88. The van der Waals surface area contributed by atoms with Gasteiger partial charge in [-0.15, -0.1) is 6.58 Å². The van der Waals surface area contributed by atoms with Crippen LogP contribution in [0, 0.1) is 0 Å². The standard InChI is InChI=1S/C6H7NO2/c1-2-3-5-4-6(8)7-9-5/h2,4H,1,3H2,(H,7,8). The molecule has 0 aromatic carbocycles. The number of aromatic nitrogens is 1. The van der Waals surface area contributed by atoms with Crippen LogP contribution in [0.15, 0.2) is 28.0 Å². The van der Waals surface area contributed by atoms with E-state index in [4.69, 9.17) is 4.52 Å². The highest BCUT2D eigenvalue weighted by Gasteiger charge is 1.93. The summed E-state index contributed by atoms with van der Waals surface area (Å²) in [5.74, 6) is 0.620. The van der Waals surface area contributed by atoms with Crippen molar-refractivity contribution in [2.24, 2.45) is 0 Å². The van der Waals surface area contributed by atoms with E-state index in [1.807, 2.05) is 0 Å². The minimum atomic E-state index is -0.202. The average Bonchev–Trinajstić information content (AvgIpc) is 2.17. The van der Waals surface area contributed by atoms with Crippen molar-refractivity contribution in [3.8, 4) is 0 Å². The van der Waals surface area contributed by atoms with Crippen LogP contribution in [-0.4, -0.2) is 5.16 Å². The molecular formula is C6H7NO2. The van der Waals surface area contributed by atoms with Crippen molar-refractivity contribution < 1.29 is 4.52 Å². The molecule has 0 aliphatic carbocycles. The first-order valence-corrected chi connectivity index (χ1v) is 2.61. The quantitative estimate of drug-likeness (QED) is 0.591. The maximum Gasteiger partial charge on any atom is 0.280 e. The SMILES string of the molecule is C=CCc1cc(=O)[nH]o1. The minimum Gasteiger partial charge on any atom is -0.383 e. The number of hydrogen-bond donors (Lipinski definition) is 1. The maximum absolute atomic E-state index is 10.4. The van der Waals surface area contributed by atoms with E-state index in [2.05, 4.69) is 11.7 Å². The number of allylic oxidation sites excluding steroid dienone is 1. The maximum atomic E-state index is 10.4. The Balaban J connectivity index is 2.84. The molecule has 9 heavy (non-hydrogen) atoms. The van der Waals surface area contributed by atoms with Crippen LogP contribution in [0.1, 0.15) is 5.76 Å². The second kappa shape index (κ2) is 2.35. The molecule has 1 aromatic rings. The molecule has 0 amide bonds. The minimum absolute atomic E-state index is 0.202. The van der Waals surface area contributed by atoms with E-state index < -0.39 is 0 Å². The van der Waals surface area contributed by atoms with Gasteiger partial charge in [0.25, 0.3) is 5.56 Å². The van der Waals surface area contributed by atoms with Crippen LogP contribution in [0.25, 0.3) is 0 Å². The number of hydrogen-bond acceptors (Lipinski definition) is 2. The van der Waals surface area contributed by atoms with Crippen molar-refractivity contribution >= 4 is 0 Å². The van der Waals surface area contributed by atoms with Crippen LogP contribution >= 0.6 is 0 Å². The van der Waals surface area contributed by atoms with Gasteiger partial charge in [-0.2, -0.15) is 5.16 Å². The zero-order chi connectivity index (χ0) is 6.69. The van der Waals surface area contributed by atoms with Gasteiger partial charge < -0.3 is 4.52 Å². The first-order valence-electron chi connectivity index (χ1n) is 2.61. The second-order valence-corrected chi connectivity index (χ2v) is 1.67. The number of rotatable bonds is 2. The van der Waals surface area contributed by atoms with Gasteiger partial charge in [-0.3, -0.25) is 4.79 Å². The van der Waals surface area contributed by atoms with Crippen LogP contribution in [-0.2, 0) is 6.42 Å². The molecule has 1 heterocycles. The Morgan fingerprint density at radius 1 is 1.89 bits per heavy atom. The summed E-state index contributed by atoms with van der Waals surface area (Å²) in [6.45, 7) is 3.49. The molecule has 0 spiro atoms.